The maximum absolute atomic E-state index is 11.7. The van der Waals surface area contributed by atoms with Crippen LogP contribution in [0, 0.1) is 0 Å². The zero-order valence-corrected chi connectivity index (χ0v) is 11.9. The van der Waals surface area contributed by atoms with E-state index in [9.17, 15) is 4.79 Å². The molecule has 0 fully saturated rings. The number of carbonyl (C=O) groups excluding carboxylic acids is 1. The molecule has 2 heterocycles. The second-order valence-electron chi connectivity index (χ2n) is 4.68. The van der Waals surface area contributed by atoms with Crippen LogP contribution < -0.4 is 5.32 Å². The third-order valence-electron chi connectivity index (χ3n) is 2.00. The van der Waals surface area contributed by atoms with Gasteiger partial charge in [-0.1, -0.05) is 0 Å². The highest BCUT2D eigenvalue weighted by Crippen LogP contribution is 2.18. The number of carbonyl (C=O) groups is 1. The van der Waals surface area contributed by atoms with Crippen molar-refractivity contribution in [2.45, 2.75) is 26.4 Å². The van der Waals surface area contributed by atoms with E-state index in [1.165, 1.54) is 0 Å². The lowest BCUT2D eigenvalue weighted by atomic mass is 10.2. The first-order valence-corrected chi connectivity index (χ1v) is 6.14. The molecule has 0 bridgehead atoms. The number of ether oxygens (including phenoxy) is 1. The molecule has 6 nitrogen and oxygen atoms in total. The fourth-order valence-electron chi connectivity index (χ4n) is 1.38. The summed E-state index contributed by atoms with van der Waals surface area (Å²) in [4.78, 5) is 19.9. The molecule has 96 valence electrons. The van der Waals surface area contributed by atoms with Crippen molar-refractivity contribution in [2.75, 3.05) is 5.32 Å². The number of anilines is 1. The summed E-state index contributed by atoms with van der Waals surface area (Å²) in [5.41, 5.74) is 0.000702. The van der Waals surface area contributed by atoms with Gasteiger partial charge >= 0.3 is 6.09 Å². The lowest BCUT2D eigenvalue weighted by Crippen LogP contribution is -2.27. The number of nitrogens with zero attached hydrogens (tertiary/aromatic N) is 3. The van der Waals surface area contributed by atoms with E-state index in [4.69, 9.17) is 4.74 Å². The van der Waals surface area contributed by atoms with Gasteiger partial charge in [0, 0.05) is 12.4 Å². The maximum Gasteiger partial charge on any atom is 0.413 e. The molecule has 0 saturated carbocycles. The number of nitrogens with one attached hydrogen (secondary N) is 1. The molecule has 1 N–H and O–H groups in total. The molecule has 0 aromatic carbocycles. The van der Waals surface area contributed by atoms with Crippen LogP contribution in [0.15, 0.2) is 23.2 Å². The van der Waals surface area contributed by atoms with E-state index in [0.29, 0.717) is 11.5 Å². The van der Waals surface area contributed by atoms with E-state index in [-0.39, 0.29) is 0 Å². The molecule has 0 radical (unpaired) electrons. The summed E-state index contributed by atoms with van der Waals surface area (Å²) in [5, 5.41) is 2.58. The topological polar surface area (TPSA) is 68.5 Å². The second kappa shape index (κ2) is 4.56. The van der Waals surface area contributed by atoms with Crippen molar-refractivity contribution >= 4 is 33.5 Å². The van der Waals surface area contributed by atoms with Crippen molar-refractivity contribution in [3.05, 3.63) is 23.2 Å². The minimum Gasteiger partial charge on any atom is -0.444 e. The van der Waals surface area contributed by atoms with Crippen LogP contribution >= 0.6 is 15.9 Å². The molecular formula is C11H13BrN4O2. The molecule has 7 heteroatoms. The zero-order valence-electron chi connectivity index (χ0n) is 10.3. The highest BCUT2D eigenvalue weighted by atomic mass is 79.9. The summed E-state index contributed by atoms with van der Waals surface area (Å²) < 4.78 is 7.68. The van der Waals surface area contributed by atoms with Gasteiger partial charge < -0.3 is 4.74 Å². The van der Waals surface area contributed by atoms with Crippen LogP contribution in [0.5, 0.6) is 0 Å². The smallest absolute Gasteiger partial charge is 0.413 e. The van der Waals surface area contributed by atoms with Gasteiger partial charge in [-0.3, -0.25) is 9.72 Å². The lowest BCUT2D eigenvalue weighted by Gasteiger charge is -2.19. The number of rotatable bonds is 1. The van der Waals surface area contributed by atoms with Gasteiger partial charge in [-0.25, -0.2) is 14.8 Å². The predicted octanol–water partition coefficient (Wildman–Crippen LogP) is 2.84. The molecule has 1 amide bonds. The van der Waals surface area contributed by atoms with Crippen LogP contribution in [-0.4, -0.2) is 26.1 Å². The predicted molar refractivity (Wildman–Crippen MR) is 70.5 cm³/mol. The van der Waals surface area contributed by atoms with Gasteiger partial charge in [-0.15, -0.1) is 0 Å². The fourth-order valence-corrected chi connectivity index (χ4v) is 1.77. The van der Waals surface area contributed by atoms with E-state index < -0.39 is 11.7 Å². The molecule has 2 rings (SSSR count). The van der Waals surface area contributed by atoms with Crippen molar-refractivity contribution < 1.29 is 9.53 Å². The summed E-state index contributed by atoms with van der Waals surface area (Å²) in [5.74, 6) is 0.359. The van der Waals surface area contributed by atoms with Crippen molar-refractivity contribution in [1.29, 1.82) is 0 Å². The molecule has 0 saturated heterocycles. The monoisotopic (exact) mass is 312 g/mol. The van der Waals surface area contributed by atoms with Gasteiger partial charge in [0.25, 0.3) is 0 Å². The molecule has 2 aromatic rings. The number of halogens is 1. The third-order valence-corrected chi connectivity index (χ3v) is 2.59. The van der Waals surface area contributed by atoms with Gasteiger partial charge in [0.1, 0.15) is 10.2 Å². The van der Waals surface area contributed by atoms with E-state index in [1.54, 1.807) is 43.8 Å². The fraction of sp³-hybridized carbons (Fsp3) is 0.364. The lowest BCUT2D eigenvalue weighted by molar-refractivity contribution is 0.0635. The molecule has 18 heavy (non-hydrogen) atoms. The van der Waals surface area contributed by atoms with Crippen LogP contribution in [-0.2, 0) is 4.74 Å². The normalized spacial score (nSPS) is 11.6. The van der Waals surface area contributed by atoms with Crippen LogP contribution in [0.4, 0.5) is 10.6 Å². The van der Waals surface area contributed by atoms with Crippen LogP contribution in [0.2, 0.25) is 0 Å². The van der Waals surface area contributed by atoms with Crippen molar-refractivity contribution in [3.63, 3.8) is 0 Å². The summed E-state index contributed by atoms with van der Waals surface area (Å²) >= 11 is 3.34. The standard InChI is InChI=1S/C11H13BrN4O2/c1-11(2,3)18-10(17)15-8-9-13-4-5-16(9)7(12)6-14-8/h4-6H,1-3H3,(H,14,15,17). The van der Waals surface area contributed by atoms with E-state index in [1.807, 2.05) is 0 Å². The Balaban J connectivity index is 2.25. The minimum absolute atomic E-state index is 0.359. The number of fused-ring (bicyclic) bond motifs is 1. The third kappa shape index (κ3) is 2.79. The first-order chi connectivity index (χ1) is 8.37. The molecule has 0 aliphatic carbocycles. The second-order valence-corrected chi connectivity index (χ2v) is 5.49. The largest absolute Gasteiger partial charge is 0.444 e. The van der Waals surface area contributed by atoms with Crippen molar-refractivity contribution in [1.82, 2.24) is 14.4 Å². The number of imidazole rings is 1. The summed E-state index contributed by atoms with van der Waals surface area (Å²) in [6, 6.07) is 0. The van der Waals surface area contributed by atoms with Gasteiger partial charge in [0.2, 0.25) is 0 Å². The Bertz CT molecular complexity index is 588. The molecule has 2 aromatic heterocycles. The summed E-state index contributed by atoms with van der Waals surface area (Å²) in [7, 11) is 0. The minimum atomic E-state index is -0.553. The highest BCUT2D eigenvalue weighted by Gasteiger charge is 2.18. The van der Waals surface area contributed by atoms with Crippen molar-refractivity contribution in [3.8, 4) is 0 Å². The first kappa shape index (κ1) is 12.8. The average Bonchev–Trinajstić information content (AvgIpc) is 2.69. The number of hydrogen-bond donors (Lipinski definition) is 1. The number of amides is 1. The van der Waals surface area contributed by atoms with Crippen LogP contribution in [0.25, 0.3) is 5.65 Å². The average molecular weight is 313 g/mol. The maximum atomic E-state index is 11.7. The Labute approximate surface area is 113 Å². The SMILES string of the molecule is CC(C)(C)OC(=O)Nc1ncc(Br)n2ccnc12. The van der Waals surface area contributed by atoms with Gasteiger partial charge in [0.05, 0.1) is 6.20 Å². The molecule has 0 aliphatic heterocycles. The Morgan fingerprint density at radius 2 is 2.17 bits per heavy atom. The first-order valence-electron chi connectivity index (χ1n) is 5.34. The van der Waals surface area contributed by atoms with Gasteiger partial charge in [0.15, 0.2) is 11.5 Å². The number of hydrogen-bond acceptors (Lipinski definition) is 4. The molecule has 0 atom stereocenters. The van der Waals surface area contributed by atoms with Crippen LogP contribution in [0.1, 0.15) is 20.8 Å². The Hall–Kier alpha value is -1.63. The highest BCUT2D eigenvalue weighted by molar-refractivity contribution is 9.10. The Kier molecular flexibility index (Phi) is 3.25. The van der Waals surface area contributed by atoms with E-state index in [0.717, 1.165) is 4.60 Å². The Morgan fingerprint density at radius 1 is 1.44 bits per heavy atom. The molecule has 0 spiro atoms. The van der Waals surface area contributed by atoms with Crippen molar-refractivity contribution in [2.24, 2.45) is 0 Å². The van der Waals surface area contributed by atoms with Gasteiger partial charge in [-0.2, -0.15) is 0 Å². The summed E-state index contributed by atoms with van der Waals surface area (Å²) in [6.45, 7) is 5.39. The Morgan fingerprint density at radius 3 is 2.83 bits per heavy atom. The van der Waals surface area contributed by atoms with Crippen LogP contribution in [0.3, 0.4) is 0 Å². The molecular weight excluding hydrogens is 300 g/mol. The molecule has 0 unspecified atom stereocenters. The summed E-state index contributed by atoms with van der Waals surface area (Å²) in [6.07, 6.45) is 4.42. The molecule has 0 aliphatic rings. The van der Waals surface area contributed by atoms with E-state index in [2.05, 4.69) is 31.2 Å². The zero-order chi connectivity index (χ0) is 13.3. The van der Waals surface area contributed by atoms with E-state index >= 15 is 0 Å². The number of aromatic nitrogens is 3. The quantitative estimate of drug-likeness (QED) is 0.879. The van der Waals surface area contributed by atoms with Gasteiger partial charge in [-0.05, 0) is 36.7 Å².